The molecule has 12 heteroatoms. The lowest BCUT2D eigenvalue weighted by atomic mass is 10.1. The van der Waals surface area contributed by atoms with Crippen molar-refractivity contribution < 1.29 is 27.1 Å². The fourth-order valence-corrected chi connectivity index (χ4v) is 4.56. The molecule has 0 bridgehead atoms. The molecule has 1 amide bonds. The maximum atomic E-state index is 14.8. The zero-order chi connectivity index (χ0) is 26.9. The summed E-state index contributed by atoms with van der Waals surface area (Å²) < 4.78 is 62.2. The van der Waals surface area contributed by atoms with E-state index in [9.17, 15) is 22.4 Å². The number of anilines is 1. The quantitative estimate of drug-likeness (QED) is 0.407. The van der Waals surface area contributed by atoms with E-state index >= 15 is 0 Å². The third-order valence-corrected chi connectivity index (χ3v) is 6.60. The predicted molar refractivity (Wildman–Crippen MR) is 135 cm³/mol. The predicted octanol–water partition coefficient (Wildman–Crippen LogP) is 4.85. The summed E-state index contributed by atoms with van der Waals surface area (Å²) in [7, 11) is 1.51. The van der Waals surface area contributed by atoms with Crippen LogP contribution in [0.2, 0.25) is 0 Å². The number of methoxy groups -OCH3 is 1. The van der Waals surface area contributed by atoms with E-state index in [-0.39, 0.29) is 34.3 Å². The summed E-state index contributed by atoms with van der Waals surface area (Å²) in [5.74, 6) is -0.997. The van der Waals surface area contributed by atoms with Crippen LogP contribution in [0.3, 0.4) is 0 Å². The van der Waals surface area contributed by atoms with E-state index in [0.717, 1.165) is 11.4 Å². The monoisotopic (exact) mass is 581 g/mol. The largest absolute Gasteiger partial charge is 0.495 e. The summed E-state index contributed by atoms with van der Waals surface area (Å²) in [5.41, 5.74) is 8.54. The second-order valence-electron chi connectivity index (χ2n) is 8.57. The summed E-state index contributed by atoms with van der Waals surface area (Å²) in [6.07, 6.45) is 0.302. The first-order valence-electron chi connectivity index (χ1n) is 11.2. The Labute approximate surface area is 219 Å². The average Bonchev–Trinajstić information content (AvgIpc) is 3.24. The van der Waals surface area contributed by atoms with Gasteiger partial charge in [0.25, 0.3) is 0 Å². The number of halogens is 5. The fraction of sp³-hybridized carbons (Fsp3) is 0.280. The molecule has 2 heterocycles. The highest BCUT2D eigenvalue weighted by Gasteiger charge is 2.39. The van der Waals surface area contributed by atoms with Crippen LogP contribution in [0.15, 0.2) is 53.5 Å². The molecule has 196 valence electrons. The molecule has 1 atom stereocenters. The van der Waals surface area contributed by atoms with Crippen molar-refractivity contribution >= 4 is 33.2 Å². The van der Waals surface area contributed by atoms with Crippen molar-refractivity contribution in [1.82, 2.24) is 14.9 Å². The number of nitrogens with two attached hydrogens (primary N) is 1. The van der Waals surface area contributed by atoms with Crippen molar-refractivity contribution in [3.8, 4) is 11.4 Å². The summed E-state index contributed by atoms with van der Waals surface area (Å²) in [4.78, 5) is 17.9. The van der Waals surface area contributed by atoms with Gasteiger partial charge in [-0.1, -0.05) is 6.07 Å². The molecule has 4 rings (SSSR count). The molecule has 1 aliphatic rings. The highest BCUT2D eigenvalue weighted by Crippen LogP contribution is 2.35. The van der Waals surface area contributed by atoms with Crippen LogP contribution in [0, 0.1) is 12.7 Å². The number of carbonyl (C=O) groups is 1. The van der Waals surface area contributed by atoms with E-state index in [1.165, 1.54) is 25.4 Å². The summed E-state index contributed by atoms with van der Waals surface area (Å²) in [5, 5.41) is 2.85. The van der Waals surface area contributed by atoms with E-state index in [1.807, 2.05) is 13.1 Å². The third-order valence-electron chi connectivity index (χ3n) is 5.99. The first-order chi connectivity index (χ1) is 17.5. The molecule has 7 nitrogen and oxygen atoms in total. The van der Waals surface area contributed by atoms with Gasteiger partial charge >= 0.3 is 6.18 Å². The normalized spacial score (nSPS) is 16.4. The van der Waals surface area contributed by atoms with Crippen molar-refractivity contribution in [2.75, 3.05) is 18.6 Å². The Kier molecular flexibility index (Phi) is 7.49. The van der Waals surface area contributed by atoms with Crippen molar-refractivity contribution in [2.24, 2.45) is 5.73 Å². The molecule has 0 aliphatic carbocycles. The van der Waals surface area contributed by atoms with Crippen LogP contribution < -0.4 is 20.7 Å². The van der Waals surface area contributed by atoms with Gasteiger partial charge in [0.05, 0.1) is 40.7 Å². The number of nitrogens with one attached hydrogen (secondary N) is 1. The number of fused-ring (bicyclic) bond motifs is 1. The maximum absolute atomic E-state index is 14.8. The number of aromatic nitrogens is 2. The number of nitrogens with zero attached hydrogens (tertiary/aromatic N) is 3. The van der Waals surface area contributed by atoms with E-state index in [1.54, 1.807) is 29.1 Å². The Balaban J connectivity index is 1.60. The third kappa shape index (κ3) is 5.74. The molecular weight excluding hydrogens is 558 g/mol. The molecule has 3 N–H and O–H groups in total. The number of alkyl halides is 3. The van der Waals surface area contributed by atoms with Crippen LogP contribution in [0.1, 0.15) is 23.2 Å². The Bertz CT molecular complexity index is 1360. The van der Waals surface area contributed by atoms with Crippen molar-refractivity contribution in [3.63, 3.8) is 0 Å². The van der Waals surface area contributed by atoms with Crippen LogP contribution in [-0.4, -0.2) is 41.3 Å². The second-order valence-corrected chi connectivity index (χ2v) is 9.42. The SMILES string of the molecule is COc1cc(/C(N)=C/NC2CCc3c(ccc(Br)c3F)N(CC(F)(F)F)C2=O)ccc1-n1cnc(C)c1. The highest BCUT2D eigenvalue weighted by atomic mass is 79.9. The Morgan fingerprint density at radius 2 is 2.03 bits per heavy atom. The first kappa shape index (κ1) is 26.5. The van der Waals surface area contributed by atoms with Gasteiger partial charge in [-0.25, -0.2) is 9.37 Å². The first-order valence-corrected chi connectivity index (χ1v) is 12.0. The number of amides is 1. The minimum atomic E-state index is -4.67. The topological polar surface area (TPSA) is 85.4 Å². The lowest BCUT2D eigenvalue weighted by Crippen LogP contribution is -2.47. The number of ether oxygens (including phenoxy) is 1. The van der Waals surface area contributed by atoms with Crippen molar-refractivity contribution in [3.05, 3.63) is 76.2 Å². The summed E-state index contributed by atoms with van der Waals surface area (Å²) in [6.45, 7) is 0.323. The molecule has 3 aromatic rings. The lowest BCUT2D eigenvalue weighted by molar-refractivity contribution is -0.133. The average molecular weight is 582 g/mol. The summed E-state index contributed by atoms with van der Waals surface area (Å²) >= 11 is 3.06. The molecule has 2 aromatic carbocycles. The smallest absolute Gasteiger partial charge is 0.406 e. The van der Waals surface area contributed by atoms with Crippen LogP contribution in [-0.2, 0) is 11.2 Å². The molecule has 0 radical (unpaired) electrons. The molecular formula is C25H24BrF4N5O2. The minimum absolute atomic E-state index is 0.0447. The lowest BCUT2D eigenvalue weighted by Gasteiger charge is -2.27. The Hall–Kier alpha value is -3.54. The van der Waals surface area contributed by atoms with Gasteiger partial charge in [-0.2, -0.15) is 13.2 Å². The zero-order valence-electron chi connectivity index (χ0n) is 19.9. The second kappa shape index (κ2) is 10.4. The number of carbonyl (C=O) groups excluding carboxylic acids is 1. The van der Waals surface area contributed by atoms with Gasteiger partial charge in [-0.15, -0.1) is 0 Å². The number of hydrogen-bond acceptors (Lipinski definition) is 5. The van der Waals surface area contributed by atoms with Crippen LogP contribution in [0.4, 0.5) is 23.2 Å². The van der Waals surface area contributed by atoms with E-state index in [0.29, 0.717) is 16.2 Å². The minimum Gasteiger partial charge on any atom is -0.495 e. The Morgan fingerprint density at radius 3 is 2.68 bits per heavy atom. The van der Waals surface area contributed by atoms with E-state index < -0.39 is 30.5 Å². The van der Waals surface area contributed by atoms with Gasteiger partial charge in [-0.05, 0) is 60.0 Å². The van der Waals surface area contributed by atoms with Crippen LogP contribution in [0.25, 0.3) is 11.4 Å². The van der Waals surface area contributed by atoms with Gasteiger partial charge in [0.2, 0.25) is 5.91 Å². The zero-order valence-corrected chi connectivity index (χ0v) is 21.5. The van der Waals surface area contributed by atoms with Gasteiger partial charge in [0.1, 0.15) is 24.2 Å². The van der Waals surface area contributed by atoms with Crippen molar-refractivity contribution in [2.45, 2.75) is 32.0 Å². The van der Waals surface area contributed by atoms with Crippen LogP contribution >= 0.6 is 15.9 Å². The molecule has 37 heavy (non-hydrogen) atoms. The number of aryl methyl sites for hydroxylation is 1. The molecule has 1 unspecified atom stereocenters. The standard InChI is InChI=1S/C25H24BrF4N5O2/c1-14-11-34(13-33-14)21-7-3-15(9-22(21)37-2)18(31)10-32-19-6-4-16-20(8-5-17(26)23(16)27)35(24(19)36)12-25(28,29)30/h3,5,7-11,13,19,32H,4,6,12,31H2,1-2H3/b18-10-. The summed E-state index contributed by atoms with van der Waals surface area (Å²) in [6, 6.07) is 6.78. The fourth-order valence-electron chi connectivity index (χ4n) is 4.19. The molecule has 0 saturated carbocycles. The number of benzene rings is 2. The maximum Gasteiger partial charge on any atom is 0.406 e. The van der Waals surface area contributed by atoms with E-state index in [2.05, 4.69) is 26.2 Å². The van der Waals surface area contributed by atoms with Gasteiger partial charge < -0.3 is 25.3 Å². The number of rotatable bonds is 6. The van der Waals surface area contributed by atoms with E-state index in [4.69, 9.17) is 10.5 Å². The number of imidazole rings is 1. The molecule has 0 fully saturated rings. The molecule has 0 saturated heterocycles. The van der Waals surface area contributed by atoms with Crippen molar-refractivity contribution in [1.29, 1.82) is 0 Å². The molecule has 1 aromatic heterocycles. The Morgan fingerprint density at radius 1 is 1.30 bits per heavy atom. The number of hydrogen-bond donors (Lipinski definition) is 2. The van der Waals surface area contributed by atoms with Gasteiger partial charge in [-0.3, -0.25) is 4.79 Å². The highest BCUT2D eigenvalue weighted by molar-refractivity contribution is 9.10. The molecule has 1 aliphatic heterocycles. The van der Waals surface area contributed by atoms with Gasteiger partial charge in [0, 0.05) is 23.5 Å². The molecule has 0 spiro atoms. The van der Waals surface area contributed by atoms with Gasteiger partial charge in [0.15, 0.2) is 0 Å². The van der Waals surface area contributed by atoms with Crippen LogP contribution in [0.5, 0.6) is 5.75 Å².